The summed E-state index contributed by atoms with van der Waals surface area (Å²) in [7, 11) is 1.49. The fourth-order valence-electron chi connectivity index (χ4n) is 2.67. The Morgan fingerprint density at radius 3 is 2.89 bits per heavy atom. The lowest BCUT2D eigenvalue weighted by molar-refractivity contribution is 0.124. The molecule has 1 aromatic rings. The first-order chi connectivity index (χ1) is 9.13. The molecule has 1 aliphatic rings. The first kappa shape index (κ1) is 14.3. The molecule has 0 amide bonds. The van der Waals surface area contributed by atoms with Gasteiger partial charge in [-0.1, -0.05) is 13.0 Å². The molecule has 2 atom stereocenters. The second-order valence-corrected chi connectivity index (χ2v) is 5.27. The van der Waals surface area contributed by atoms with E-state index in [4.69, 9.17) is 4.74 Å². The zero-order valence-electron chi connectivity index (χ0n) is 11.9. The van der Waals surface area contributed by atoms with Crippen LogP contribution in [-0.4, -0.2) is 37.2 Å². The van der Waals surface area contributed by atoms with Crippen molar-refractivity contribution in [3.05, 3.63) is 29.6 Å². The third kappa shape index (κ3) is 3.45. The highest BCUT2D eigenvalue weighted by Crippen LogP contribution is 2.20. The summed E-state index contributed by atoms with van der Waals surface area (Å²) in [4.78, 5) is 2.43. The van der Waals surface area contributed by atoms with Gasteiger partial charge in [-0.3, -0.25) is 4.90 Å². The predicted octanol–water partition coefficient (Wildman–Crippen LogP) is 2.41. The van der Waals surface area contributed by atoms with Crippen LogP contribution in [0.3, 0.4) is 0 Å². The van der Waals surface area contributed by atoms with Crippen LogP contribution in [0.5, 0.6) is 5.75 Å². The normalized spacial score (nSPS) is 24.4. The van der Waals surface area contributed by atoms with E-state index < -0.39 is 0 Å². The van der Waals surface area contributed by atoms with Gasteiger partial charge in [0.2, 0.25) is 0 Å². The van der Waals surface area contributed by atoms with Crippen LogP contribution >= 0.6 is 0 Å². The molecule has 0 bridgehead atoms. The summed E-state index contributed by atoms with van der Waals surface area (Å²) in [6, 6.07) is 6.25. The zero-order valence-corrected chi connectivity index (χ0v) is 11.9. The molecule has 1 saturated heterocycles. The maximum atomic E-state index is 13.7. The summed E-state index contributed by atoms with van der Waals surface area (Å²) in [6.45, 7) is 7.20. The van der Waals surface area contributed by atoms with Crippen LogP contribution in [0.4, 0.5) is 4.39 Å². The summed E-state index contributed by atoms with van der Waals surface area (Å²) >= 11 is 0. The van der Waals surface area contributed by atoms with Gasteiger partial charge in [0.25, 0.3) is 0 Å². The van der Waals surface area contributed by atoms with E-state index in [1.54, 1.807) is 12.1 Å². The van der Waals surface area contributed by atoms with Crippen LogP contribution in [-0.2, 0) is 6.54 Å². The molecule has 19 heavy (non-hydrogen) atoms. The van der Waals surface area contributed by atoms with Crippen molar-refractivity contribution in [3.8, 4) is 5.75 Å². The minimum atomic E-state index is -0.281. The number of nitrogens with one attached hydrogen (secondary N) is 1. The van der Waals surface area contributed by atoms with E-state index in [2.05, 4.69) is 24.1 Å². The van der Waals surface area contributed by atoms with Crippen LogP contribution in [0.15, 0.2) is 18.2 Å². The van der Waals surface area contributed by atoms with Gasteiger partial charge >= 0.3 is 0 Å². The molecule has 1 aliphatic heterocycles. The summed E-state index contributed by atoms with van der Waals surface area (Å²) in [5.74, 6) is 0.0284. The van der Waals surface area contributed by atoms with Crippen LogP contribution in [0, 0.1) is 5.82 Å². The molecule has 1 heterocycles. The molecule has 2 unspecified atom stereocenters. The molecule has 1 N–H and O–H groups in total. The summed E-state index contributed by atoms with van der Waals surface area (Å²) in [6.07, 6.45) is 1.11. The first-order valence-electron chi connectivity index (χ1n) is 6.94. The first-order valence-corrected chi connectivity index (χ1v) is 6.94. The van der Waals surface area contributed by atoms with Crippen LogP contribution < -0.4 is 10.1 Å². The average Bonchev–Trinajstić information content (AvgIpc) is 2.39. The number of hydrogen-bond donors (Lipinski definition) is 1. The topological polar surface area (TPSA) is 24.5 Å². The standard InChI is InChI=1S/C15H23FN2O/c1-4-13-8-17-11(2)9-18(13)10-12-5-6-15(19-3)14(16)7-12/h5-7,11,13,17H,4,8-10H2,1-3H3. The molecule has 0 aliphatic carbocycles. The van der Waals surface area contributed by atoms with E-state index >= 15 is 0 Å². The Bertz CT molecular complexity index is 425. The van der Waals surface area contributed by atoms with Gasteiger partial charge in [-0.25, -0.2) is 4.39 Å². The van der Waals surface area contributed by atoms with Crippen LogP contribution in [0.2, 0.25) is 0 Å². The predicted molar refractivity (Wildman–Crippen MR) is 74.9 cm³/mol. The molecule has 4 heteroatoms. The number of halogens is 1. The van der Waals surface area contributed by atoms with Crippen molar-refractivity contribution in [1.29, 1.82) is 0 Å². The van der Waals surface area contributed by atoms with Crippen molar-refractivity contribution in [1.82, 2.24) is 10.2 Å². The summed E-state index contributed by atoms with van der Waals surface area (Å²) in [5, 5.41) is 3.49. The van der Waals surface area contributed by atoms with E-state index in [1.807, 2.05) is 6.07 Å². The summed E-state index contributed by atoms with van der Waals surface area (Å²) < 4.78 is 18.7. The van der Waals surface area contributed by atoms with Crippen LogP contribution in [0.1, 0.15) is 25.8 Å². The van der Waals surface area contributed by atoms with E-state index in [0.717, 1.165) is 31.6 Å². The van der Waals surface area contributed by atoms with Crippen molar-refractivity contribution in [3.63, 3.8) is 0 Å². The minimum absolute atomic E-state index is 0.281. The van der Waals surface area contributed by atoms with E-state index in [1.165, 1.54) is 7.11 Å². The Labute approximate surface area is 114 Å². The van der Waals surface area contributed by atoms with E-state index in [0.29, 0.717) is 17.8 Å². The maximum absolute atomic E-state index is 13.7. The fourth-order valence-corrected chi connectivity index (χ4v) is 2.67. The number of benzene rings is 1. The van der Waals surface area contributed by atoms with Gasteiger partial charge in [-0.2, -0.15) is 0 Å². The van der Waals surface area contributed by atoms with Crippen LogP contribution in [0.25, 0.3) is 0 Å². The fraction of sp³-hybridized carbons (Fsp3) is 0.600. The maximum Gasteiger partial charge on any atom is 0.165 e. The molecule has 0 aromatic heterocycles. The Kier molecular flexibility index (Phi) is 4.77. The smallest absolute Gasteiger partial charge is 0.165 e. The Morgan fingerprint density at radius 1 is 1.47 bits per heavy atom. The lowest BCUT2D eigenvalue weighted by Crippen LogP contribution is -2.54. The Balaban J connectivity index is 2.08. The molecule has 3 nitrogen and oxygen atoms in total. The zero-order chi connectivity index (χ0) is 13.8. The average molecular weight is 266 g/mol. The number of hydrogen-bond acceptors (Lipinski definition) is 3. The minimum Gasteiger partial charge on any atom is -0.494 e. The molecule has 1 fully saturated rings. The van der Waals surface area contributed by atoms with Gasteiger partial charge in [-0.05, 0) is 31.0 Å². The van der Waals surface area contributed by atoms with Gasteiger partial charge in [0.15, 0.2) is 11.6 Å². The molecular formula is C15H23FN2O. The van der Waals surface area contributed by atoms with Crippen molar-refractivity contribution in [2.24, 2.45) is 0 Å². The van der Waals surface area contributed by atoms with Crippen molar-refractivity contribution in [2.45, 2.75) is 38.9 Å². The van der Waals surface area contributed by atoms with Gasteiger partial charge in [-0.15, -0.1) is 0 Å². The number of piperazine rings is 1. The lowest BCUT2D eigenvalue weighted by Gasteiger charge is -2.39. The second kappa shape index (κ2) is 6.35. The van der Waals surface area contributed by atoms with Gasteiger partial charge < -0.3 is 10.1 Å². The molecule has 1 aromatic carbocycles. The van der Waals surface area contributed by atoms with Gasteiger partial charge in [0.1, 0.15) is 0 Å². The molecule has 2 rings (SSSR count). The highest BCUT2D eigenvalue weighted by atomic mass is 19.1. The SMILES string of the molecule is CCC1CNC(C)CN1Cc1ccc(OC)c(F)c1. The number of ether oxygens (including phenoxy) is 1. The Morgan fingerprint density at radius 2 is 2.26 bits per heavy atom. The molecule has 0 spiro atoms. The largest absolute Gasteiger partial charge is 0.494 e. The van der Waals surface area contributed by atoms with Crippen molar-refractivity contribution in [2.75, 3.05) is 20.2 Å². The van der Waals surface area contributed by atoms with E-state index in [9.17, 15) is 4.39 Å². The molecule has 0 saturated carbocycles. The highest BCUT2D eigenvalue weighted by molar-refractivity contribution is 5.29. The molecule has 0 radical (unpaired) electrons. The monoisotopic (exact) mass is 266 g/mol. The third-order valence-corrected chi connectivity index (χ3v) is 3.80. The number of rotatable bonds is 4. The number of methoxy groups -OCH3 is 1. The second-order valence-electron chi connectivity index (χ2n) is 5.27. The highest BCUT2D eigenvalue weighted by Gasteiger charge is 2.24. The van der Waals surface area contributed by atoms with E-state index in [-0.39, 0.29) is 5.82 Å². The van der Waals surface area contributed by atoms with Gasteiger partial charge in [0.05, 0.1) is 7.11 Å². The van der Waals surface area contributed by atoms with Gasteiger partial charge in [0, 0.05) is 31.7 Å². The summed E-state index contributed by atoms with van der Waals surface area (Å²) in [5.41, 5.74) is 1.01. The van der Waals surface area contributed by atoms with Crippen molar-refractivity contribution >= 4 is 0 Å². The molecule has 106 valence electrons. The molecular weight excluding hydrogens is 243 g/mol. The quantitative estimate of drug-likeness (QED) is 0.905. The Hall–Kier alpha value is -1.13. The number of nitrogens with zero attached hydrogens (tertiary/aromatic N) is 1. The lowest BCUT2D eigenvalue weighted by atomic mass is 10.1. The third-order valence-electron chi connectivity index (χ3n) is 3.80. The van der Waals surface area contributed by atoms with Crippen molar-refractivity contribution < 1.29 is 9.13 Å².